The molecular formula is C20H15ClN4O. The number of carbonyl (C=O) groups is 1. The van der Waals surface area contributed by atoms with E-state index in [0.717, 1.165) is 16.5 Å². The highest BCUT2D eigenvalue weighted by Crippen LogP contribution is 2.26. The number of benzene rings is 2. The average Bonchev–Trinajstić information content (AvgIpc) is 3.06. The van der Waals surface area contributed by atoms with Crippen molar-refractivity contribution in [2.45, 2.75) is 0 Å². The lowest BCUT2D eigenvalue weighted by Crippen LogP contribution is -2.13. The van der Waals surface area contributed by atoms with E-state index in [-0.39, 0.29) is 5.91 Å². The monoisotopic (exact) mass is 362 g/mol. The van der Waals surface area contributed by atoms with E-state index in [2.05, 4.69) is 15.4 Å². The molecule has 6 heteroatoms. The average molecular weight is 363 g/mol. The number of carbonyl (C=O) groups excluding carboxylic acids is 1. The van der Waals surface area contributed by atoms with Crippen molar-refractivity contribution in [1.29, 1.82) is 0 Å². The summed E-state index contributed by atoms with van der Waals surface area (Å²) in [5, 5.41) is 8.49. The topological polar surface area (TPSA) is 59.8 Å². The van der Waals surface area contributed by atoms with Crippen molar-refractivity contribution in [1.82, 2.24) is 14.8 Å². The van der Waals surface area contributed by atoms with Gasteiger partial charge in [0.05, 0.1) is 16.8 Å². The van der Waals surface area contributed by atoms with Crippen LogP contribution >= 0.6 is 11.6 Å². The maximum absolute atomic E-state index is 12.9. The highest BCUT2D eigenvalue weighted by atomic mass is 35.5. The van der Waals surface area contributed by atoms with Crippen molar-refractivity contribution < 1.29 is 4.79 Å². The second-order valence-electron chi connectivity index (χ2n) is 5.91. The molecule has 0 unspecified atom stereocenters. The summed E-state index contributed by atoms with van der Waals surface area (Å²) in [6.07, 6.45) is 1.78. The number of amides is 1. The molecule has 128 valence electrons. The number of nitrogens with zero attached hydrogens (tertiary/aromatic N) is 3. The first-order valence-electron chi connectivity index (χ1n) is 8.07. The Morgan fingerprint density at radius 3 is 2.58 bits per heavy atom. The van der Waals surface area contributed by atoms with Gasteiger partial charge in [-0.3, -0.25) is 9.48 Å². The molecule has 0 saturated heterocycles. The standard InChI is InChI=1S/C20H15ClN4O/c1-25-11-10-19(24-25)23-20(26)16-12-18(13-6-8-14(21)9-7-13)22-17-5-3-2-4-15(16)17/h2-12H,1H3,(H,23,24,26). The number of para-hydroxylation sites is 1. The molecule has 26 heavy (non-hydrogen) atoms. The van der Waals surface area contributed by atoms with Crippen LogP contribution in [0, 0.1) is 0 Å². The Hall–Kier alpha value is -3.18. The van der Waals surface area contributed by atoms with Crippen molar-refractivity contribution in [3.05, 3.63) is 77.4 Å². The summed E-state index contributed by atoms with van der Waals surface area (Å²) >= 11 is 5.97. The fourth-order valence-corrected chi connectivity index (χ4v) is 2.92. The molecule has 4 rings (SSSR count). The van der Waals surface area contributed by atoms with Gasteiger partial charge in [0, 0.05) is 35.3 Å². The Balaban J connectivity index is 1.81. The summed E-state index contributed by atoms with van der Waals surface area (Å²) in [6.45, 7) is 0. The van der Waals surface area contributed by atoms with Gasteiger partial charge in [0.15, 0.2) is 5.82 Å². The van der Waals surface area contributed by atoms with Crippen LogP contribution in [0.25, 0.3) is 22.2 Å². The number of halogens is 1. The normalized spacial score (nSPS) is 10.8. The van der Waals surface area contributed by atoms with Crippen LogP contribution in [0.2, 0.25) is 5.02 Å². The van der Waals surface area contributed by atoms with E-state index in [4.69, 9.17) is 11.6 Å². The molecule has 4 aromatic rings. The summed E-state index contributed by atoms with van der Waals surface area (Å²) in [5.74, 6) is 0.281. The first-order chi connectivity index (χ1) is 12.6. The van der Waals surface area contributed by atoms with Crippen LogP contribution < -0.4 is 5.32 Å². The van der Waals surface area contributed by atoms with E-state index in [9.17, 15) is 4.79 Å². The molecule has 2 heterocycles. The van der Waals surface area contributed by atoms with Crippen LogP contribution in [0.1, 0.15) is 10.4 Å². The molecule has 0 saturated carbocycles. The molecular weight excluding hydrogens is 348 g/mol. The molecule has 0 spiro atoms. The minimum absolute atomic E-state index is 0.225. The lowest BCUT2D eigenvalue weighted by atomic mass is 10.0. The first-order valence-corrected chi connectivity index (χ1v) is 8.45. The number of pyridine rings is 1. The van der Waals surface area contributed by atoms with Crippen molar-refractivity contribution in [2.24, 2.45) is 7.05 Å². The summed E-state index contributed by atoms with van der Waals surface area (Å²) in [4.78, 5) is 17.6. The number of hydrogen-bond acceptors (Lipinski definition) is 3. The van der Waals surface area contributed by atoms with E-state index in [1.807, 2.05) is 36.4 Å². The quantitative estimate of drug-likeness (QED) is 0.582. The van der Waals surface area contributed by atoms with Gasteiger partial charge in [-0.1, -0.05) is 41.9 Å². The zero-order valence-electron chi connectivity index (χ0n) is 14.0. The SMILES string of the molecule is Cn1ccc(NC(=O)c2cc(-c3ccc(Cl)cc3)nc3ccccc23)n1. The molecule has 0 atom stereocenters. The molecule has 2 aromatic carbocycles. The van der Waals surface area contributed by atoms with Gasteiger partial charge in [-0.25, -0.2) is 4.98 Å². The molecule has 2 aromatic heterocycles. The van der Waals surface area contributed by atoms with Crippen LogP contribution in [0.15, 0.2) is 66.9 Å². The van der Waals surface area contributed by atoms with Gasteiger partial charge in [-0.2, -0.15) is 5.10 Å². The second kappa shape index (κ2) is 6.61. The third-order valence-electron chi connectivity index (χ3n) is 4.06. The Kier molecular flexibility index (Phi) is 4.14. The van der Waals surface area contributed by atoms with Gasteiger partial charge in [0.2, 0.25) is 0 Å². The number of rotatable bonds is 3. The molecule has 1 N–H and O–H groups in total. The molecule has 0 aliphatic carbocycles. The van der Waals surface area contributed by atoms with Gasteiger partial charge in [-0.05, 0) is 24.3 Å². The van der Waals surface area contributed by atoms with Crippen LogP contribution in [0.4, 0.5) is 5.82 Å². The highest BCUT2D eigenvalue weighted by molar-refractivity contribution is 6.30. The smallest absolute Gasteiger partial charge is 0.257 e. The lowest BCUT2D eigenvalue weighted by molar-refractivity contribution is 0.102. The zero-order chi connectivity index (χ0) is 18.1. The van der Waals surface area contributed by atoms with Crippen molar-refractivity contribution in [3.8, 4) is 11.3 Å². The fourth-order valence-electron chi connectivity index (χ4n) is 2.80. The Bertz CT molecular complexity index is 1100. The van der Waals surface area contributed by atoms with Crippen molar-refractivity contribution >= 4 is 34.2 Å². The maximum atomic E-state index is 12.9. The third-order valence-corrected chi connectivity index (χ3v) is 4.31. The summed E-state index contributed by atoms with van der Waals surface area (Å²) in [5.41, 5.74) is 2.91. The fraction of sp³-hybridized carbons (Fsp3) is 0.0500. The predicted octanol–water partition coefficient (Wildman–Crippen LogP) is 4.54. The van der Waals surface area contributed by atoms with Gasteiger partial charge in [0.25, 0.3) is 5.91 Å². The molecule has 0 radical (unpaired) electrons. The van der Waals surface area contributed by atoms with Gasteiger partial charge in [-0.15, -0.1) is 0 Å². The van der Waals surface area contributed by atoms with Crippen LogP contribution in [0.3, 0.4) is 0 Å². The lowest BCUT2D eigenvalue weighted by Gasteiger charge is -2.10. The molecule has 0 aliphatic rings. The van der Waals surface area contributed by atoms with Crippen LogP contribution in [-0.4, -0.2) is 20.7 Å². The van der Waals surface area contributed by atoms with E-state index in [1.54, 1.807) is 42.2 Å². The molecule has 0 fully saturated rings. The Labute approximate surface area is 155 Å². The molecule has 0 aliphatic heterocycles. The number of aromatic nitrogens is 3. The number of hydrogen-bond donors (Lipinski definition) is 1. The Morgan fingerprint density at radius 1 is 1.08 bits per heavy atom. The van der Waals surface area contributed by atoms with Crippen LogP contribution in [0.5, 0.6) is 0 Å². The van der Waals surface area contributed by atoms with Gasteiger partial charge < -0.3 is 5.32 Å². The zero-order valence-corrected chi connectivity index (χ0v) is 14.7. The predicted molar refractivity (Wildman–Crippen MR) is 103 cm³/mol. The first kappa shape index (κ1) is 16.3. The number of fused-ring (bicyclic) bond motifs is 1. The second-order valence-corrected chi connectivity index (χ2v) is 6.34. The van der Waals surface area contributed by atoms with E-state index in [0.29, 0.717) is 22.1 Å². The minimum atomic E-state index is -0.225. The number of aryl methyl sites for hydroxylation is 1. The third kappa shape index (κ3) is 3.17. The van der Waals surface area contributed by atoms with Crippen molar-refractivity contribution in [3.63, 3.8) is 0 Å². The number of anilines is 1. The minimum Gasteiger partial charge on any atom is -0.305 e. The van der Waals surface area contributed by atoms with Crippen molar-refractivity contribution in [2.75, 3.05) is 5.32 Å². The molecule has 0 bridgehead atoms. The van der Waals surface area contributed by atoms with E-state index < -0.39 is 0 Å². The highest BCUT2D eigenvalue weighted by Gasteiger charge is 2.15. The molecule has 5 nitrogen and oxygen atoms in total. The Morgan fingerprint density at radius 2 is 1.85 bits per heavy atom. The largest absolute Gasteiger partial charge is 0.305 e. The summed E-state index contributed by atoms with van der Waals surface area (Å²) in [7, 11) is 1.80. The summed E-state index contributed by atoms with van der Waals surface area (Å²) in [6, 6.07) is 18.5. The van der Waals surface area contributed by atoms with E-state index in [1.165, 1.54) is 0 Å². The summed E-state index contributed by atoms with van der Waals surface area (Å²) < 4.78 is 1.64. The maximum Gasteiger partial charge on any atom is 0.257 e. The number of nitrogens with one attached hydrogen (secondary N) is 1. The van der Waals surface area contributed by atoms with Gasteiger partial charge >= 0.3 is 0 Å². The van der Waals surface area contributed by atoms with Crippen LogP contribution in [-0.2, 0) is 7.05 Å². The van der Waals surface area contributed by atoms with Gasteiger partial charge in [0.1, 0.15) is 0 Å². The molecule has 1 amide bonds. The van der Waals surface area contributed by atoms with E-state index >= 15 is 0 Å².